The van der Waals surface area contributed by atoms with Crippen LogP contribution in [0.25, 0.3) is 0 Å². The Bertz CT molecular complexity index is 853. The first-order chi connectivity index (χ1) is 13.2. The highest BCUT2D eigenvalue weighted by molar-refractivity contribution is 6.03. The van der Waals surface area contributed by atoms with Crippen molar-refractivity contribution in [2.75, 3.05) is 30.9 Å². The lowest BCUT2D eigenvalue weighted by molar-refractivity contribution is 0.102. The second-order valence-electron chi connectivity index (χ2n) is 5.58. The van der Waals surface area contributed by atoms with Gasteiger partial charge in [0.2, 0.25) is 0 Å². The summed E-state index contributed by atoms with van der Waals surface area (Å²) in [6.07, 6.45) is 4.74. The highest BCUT2D eigenvalue weighted by Gasteiger charge is 2.06. The molecule has 0 aliphatic heterocycles. The molecular weight excluding hydrogens is 344 g/mol. The number of rotatable bonds is 8. The van der Waals surface area contributed by atoms with Crippen LogP contribution in [0.4, 0.5) is 11.5 Å². The number of methoxy groups -OCH3 is 1. The second-order valence-corrected chi connectivity index (χ2v) is 5.58. The SMILES string of the molecule is COc1ccc(OCCNc2ccc(NC(=O)c3cccnc3)cn2)cc1. The third-order valence-electron chi connectivity index (χ3n) is 3.68. The van der Waals surface area contributed by atoms with E-state index in [4.69, 9.17) is 9.47 Å². The summed E-state index contributed by atoms with van der Waals surface area (Å²) in [5.41, 5.74) is 1.11. The number of carbonyl (C=O) groups excluding carboxylic acids is 1. The maximum absolute atomic E-state index is 12.1. The molecular formula is C20H20N4O3. The van der Waals surface area contributed by atoms with Crippen LogP contribution < -0.4 is 20.1 Å². The van der Waals surface area contributed by atoms with E-state index in [-0.39, 0.29) is 5.91 Å². The number of anilines is 2. The lowest BCUT2D eigenvalue weighted by atomic mass is 10.2. The van der Waals surface area contributed by atoms with Gasteiger partial charge in [-0.1, -0.05) is 0 Å². The topological polar surface area (TPSA) is 85.4 Å². The van der Waals surface area contributed by atoms with Crippen LogP contribution in [0, 0.1) is 0 Å². The fraction of sp³-hybridized carbons (Fsp3) is 0.150. The molecule has 7 heteroatoms. The Morgan fingerprint density at radius 2 is 1.85 bits per heavy atom. The smallest absolute Gasteiger partial charge is 0.257 e. The number of benzene rings is 1. The van der Waals surface area contributed by atoms with E-state index in [1.165, 1.54) is 6.20 Å². The van der Waals surface area contributed by atoms with Crippen molar-refractivity contribution in [2.45, 2.75) is 0 Å². The van der Waals surface area contributed by atoms with Crippen molar-refractivity contribution < 1.29 is 14.3 Å². The van der Waals surface area contributed by atoms with Gasteiger partial charge in [0.1, 0.15) is 23.9 Å². The first kappa shape index (κ1) is 18.2. The highest BCUT2D eigenvalue weighted by atomic mass is 16.5. The zero-order chi connectivity index (χ0) is 18.9. The Labute approximate surface area is 157 Å². The zero-order valence-electron chi connectivity index (χ0n) is 14.9. The monoisotopic (exact) mass is 364 g/mol. The van der Waals surface area contributed by atoms with Gasteiger partial charge in [0.05, 0.1) is 31.1 Å². The quantitative estimate of drug-likeness (QED) is 0.597. The van der Waals surface area contributed by atoms with E-state index in [0.717, 1.165) is 11.5 Å². The van der Waals surface area contributed by atoms with Gasteiger partial charge in [-0.3, -0.25) is 9.78 Å². The number of nitrogens with one attached hydrogen (secondary N) is 2. The highest BCUT2D eigenvalue weighted by Crippen LogP contribution is 2.17. The van der Waals surface area contributed by atoms with E-state index in [1.54, 1.807) is 43.8 Å². The number of ether oxygens (including phenoxy) is 2. The molecule has 0 bridgehead atoms. The van der Waals surface area contributed by atoms with Crippen molar-refractivity contribution in [1.29, 1.82) is 0 Å². The van der Waals surface area contributed by atoms with Crippen LogP contribution in [-0.4, -0.2) is 36.1 Å². The zero-order valence-corrected chi connectivity index (χ0v) is 14.9. The van der Waals surface area contributed by atoms with Crippen molar-refractivity contribution >= 4 is 17.4 Å². The molecule has 138 valence electrons. The Balaban J connectivity index is 1.43. The molecule has 1 aromatic carbocycles. The average molecular weight is 364 g/mol. The third-order valence-corrected chi connectivity index (χ3v) is 3.68. The van der Waals surface area contributed by atoms with E-state index in [0.29, 0.717) is 30.2 Å². The molecule has 0 aliphatic carbocycles. The molecule has 2 aromatic heterocycles. The molecule has 0 unspecified atom stereocenters. The number of aromatic nitrogens is 2. The first-order valence-electron chi connectivity index (χ1n) is 8.43. The molecule has 0 radical (unpaired) electrons. The first-order valence-corrected chi connectivity index (χ1v) is 8.43. The average Bonchev–Trinajstić information content (AvgIpc) is 2.73. The summed E-state index contributed by atoms with van der Waals surface area (Å²) < 4.78 is 10.7. The summed E-state index contributed by atoms with van der Waals surface area (Å²) in [5.74, 6) is 2.05. The minimum Gasteiger partial charge on any atom is -0.497 e. The number of hydrogen-bond donors (Lipinski definition) is 2. The largest absolute Gasteiger partial charge is 0.497 e. The number of hydrogen-bond acceptors (Lipinski definition) is 6. The fourth-order valence-corrected chi connectivity index (χ4v) is 2.29. The van der Waals surface area contributed by atoms with E-state index in [9.17, 15) is 4.79 Å². The molecule has 0 aliphatic rings. The summed E-state index contributed by atoms with van der Waals surface area (Å²) in [4.78, 5) is 20.3. The molecule has 0 fully saturated rings. The summed E-state index contributed by atoms with van der Waals surface area (Å²) in [5, 5.41) is 5.95. The summed E-state index contributed by atoms with van der Waals surface area (Å²) in [7, 11) is 1.63. The number of pyridine rings is 2. The molecule has 0 spiro atoms. The van der Waals surface area contributed by atoms with Gasteiger partial charge in [-0.15, -0.1) is 0 Å². The van der Waals surface area contributed by atoms with Gasteiger partial charge >= 0.3 is 0 Å². The third kappa shape index (κ3) is 5.43. The van der Waals surface area contributed by atoms with E-state index < -0.39 is 0 Å². The van der Waals surface area contributed by atoms with Crippen LogP contribution >= 0.6 is 0 Å². The second kappa shape index (κ2) is 9.19. The normalized spacial score (nSPS) is 10.1. The molecule has 0 saturated carbocycles. The Morgan fingerprint density at radius 3 is 2.52 bits per heavy atom. The van der Waals surface area contributed by atoms with Crippen LogP contribution in [0.1, 0.15) is 10.4 Å². The van der Waals surface area contributed by atoms with Crippen LogP contribution in [0.2, 0.25) is 0 Å². The van der Waals surface area contributed by atoms with Crippen LogP contribution in [0.5, 0.6) is 11.5 Å². The van der Waals surface area contributed by atoms with Crippen LogP contribution in [0.3, 0.4) is 0 Å². The molecule has 3 aromatic rings. The molecule has 0 atom stereocenters. The fourth-order valence-electron chi connectivity index (χ4n) is 2.29. The predicted molar refractivity (Wildman–Crippen MR) is 103 cm³/mol. The summed E-state index contributed by atoms with van der Waals surface area (Å²) in [6.45, 7) is 1.09. The lowest BCUT2D eigenvalue weighted by Gasteiger charge is -2.09. The Kier molecular flexibility index (Phi) is 6.19. The Morgan fingerprint density at radius 1 is 1.04 bits per heavy atom. The summed E-state index contributed by atoms with van der Waals surface area (Å²) >= 11 is 0. The molecule has 27 heavy (non-hydrogen) atoms. The summed E-state index contributed by atoms with van der Waals surface area (Å²) in [6, 6.07) is 14.4. The maximum Gasteiger partial charge on any atom is 0.257 e. The molecule has 2 heterocycles. The molecule has 0 saturated heterocycles. The van der Waals surface area contributed by atoms with Crippen molar-refractivity contribution in [3.05, 3.63) is 72.7 Å². The van der Waals surface area contributed by atoms with Crippen molar-refractivity contribution in [3.8, 4) is 11.5 Å². The minimum atomic E-state index is -0.224. The molecule has 1 amide bonds. The van der Waals surface area contributed by atoms with Gasteiger partial charge in [0.15, 0.2) is 0 Å². The lowest BCUT2D eigenvalue weighted by Crippen LogP contribution is -2.14. The molecule has 3 rings (SSSR count). The molecule has 7 nitrogen and oxygen atoms in total. The van der Waals surface area contributed by atoms with Gasteiger partial charge in [-0.2, -0.15) is 0 Å². The molecule has 2 N–H and O–H groups in total. The van der Waals surface area contributed by atoms with Crippen LogP contribution in [-0.2, 0) is 0 Å². The Hall–Kier alpha value is -3.61. The van der Waals surface area contributed by atoms with E-state index in [2.05, 4.69) is 20.6 Å². The van der Waals surface area contributed by atoms with Crippen molar-refractivity contribution in [2.24, 2.45) is 0 Å². The van der Waals surface area contributed by atoms with E-state index in [1.807, 2.05) is 24.3 Å². The van der Waals surface area contributed by atoms with Gasteiger partial charge in [0.25, 0.3) is 5.91 Å². The van der Waals surface area contributed by atoms with E-state index >= 15 is 0 Å². The van der Waals surface area contributed by atoms with Crippen LogP contribution in [0.15, 0.2) is 67.1 Å². The van der Waals surface area contributed by atoms with Gasteiger partial charge in [0, 0.05) is 12.4 Å². The van der Waals surface area contributed by atoms with Gasteiger partial charge in [-0.25, -0.2) is 4.98 Å². The standard InChI is InChI=1S/C20H20N4O3/c1-26-17-5-7-18(8-6-17)27-12-11-22-19-9-4-16(14-23-19)24-20(25)15-3-2-10-21-13-15/h2-10,13-14H,11-12H2,1H3,(H,22,23)(H,24,25). The van der Waals surface area contributed by atoms with Crippen molar-refractivity contribution in [1.82, 2.24) is 9.97 Å². The minimum absolute atomic E-state index is 0.224. The number of nitrogens with zero attached hydrogens (tertiary/aromatic N) is 2. The predicted octanol–water partition coefficient (Wildman–Crippen LogP) is 3.23. The number of amides is 1. The van der Waals surface area contributed by atoms with Crippen molar-refractivity contribution in [3.63, 3.8) is 0 Å². The maximum atomic E-state index is 12.1. The number of carbonyl (C=O) groups is 1. The van der Waals surface area contributed by atoms with Gasteiger partial charge < -0.3 is 20.1 Å². The van der Waals surface area contributed by atoms with Gasteiger partial charge in [-0.05, 0) is 48.5 Å².